The lowest BCUT2D eigenvalue weighted by Crippen LogP contribution is -2.26. The Morgan fingerprint density at radius 2 is 2.10 bits per heavy atom. The summed E-state index contributed by atoms with van der Waals surface area (Å²) in [5, 5.41) is 6.27. The van der Waals surface area contributed by atoms with Gasteiger partial charge in [0.15, 0.2) is 0 Å². The van der Waals surface area contributed by atoms with Crippen molar-refractivity contribution in [1.82, 2.24) is 10.3 Å². The number of rotatable bonds is 4. The molecule has 0 saturated heterocycles. The highest BCUT2D eigenvalue weighted by Crippen LogP contribution is 2.24. The van der Waals surface area contributed by atoms with Crippen molar-refractivity contribution in [3.8, 4) is 0 Å². The molecule has 1 fully saturated rings. The van der Waals surface area contributed by atoms with E-state index in [0.29, 0.717) is 11.7 Å². The maximum Gasteiger partial charge on any atom is 0.270 e. The Balaban J connectivity index is 1.77. The topological polar surface area (TPSA) is 54.0 Å². The van der Waals surface area contributed by atoms with E-state index in [1.807, 2.05) is 31.2 Å². The van der Waals surface area contributed by atoms with E-state index in [1.54, 1.807) is 12.3 Å². The molecular formula is C16H16BrN3O. The minimum atomic E-state index is -0.103. The van der Waals surface area contributed by atoms with Crippen LogP contribution in [0.2, 0.25) is 0 Å². The zero-order valence-electron chi connectivity index (χ0n) is 11.7. The molecule has 0 radical (unpaired) electrons. The van der Waals surface area contributed by atoms with Crippen molar-refractivity contribution in [3.05, 3.63) is 52.3 Å². The van der Waals surface area contributed by atoms with Gasteiger partial charge in [0, 0.05) is 28.1 Å². The fourth-order valence-electron chi connectivity index (χ4n) is 2.04. The number of halogens is 1. The third kappa shape index (κ3) is 3.61. The van der Waals surface area contributed by atoms with Crippen LogP contribution in [0.1, 0.15) is 28.9 Å². The third-order valence-electron chi connectivity index (χ3n) is 3.37. The summed E-state index contributed by atoms with van der Waals surface area (Å²) >= 11 is 3.45. The van der Waals surface area contributed by atoms with E-state index in [4.69, 9.17) is 0 Å². The second-order valence-corrected chi connectivity index (χ2v) is 6.18. The predicted octanol–water partition coefficient (Wildman–Crippen LogP) is 3.79. The van der Waals surface area contributed by atoms with Crippen LogP contribution >= 0.6 is 15.9 Å². The number of pyridine rings is 1. The monoisotopic (exact) mass is 345 g/mol. The van der Waals surface area contributed by atoms with Crippen molar-refractivity contribution in [2.45, 2.75) is 25.8 Å². The molecule has 1 heterocycles. The summed E-state index contributed by atoms with van der Waals surface area (Å²) in [4.78, 5) is 16.1. The molecule has 2 N–H and O–H groups in total. The summed E-state index contributed by atoms with van der Waals surface area (Å²) < 4.78 is 1.05. The molecule has 21 heavy (non-hydrogen) atoms. The summed E-state index contributed by atoms with van der Waals surface area (Å²) in [7, 11) is 0. The molecule has 0 unspecified atom stereocenters. The van der Waals surface area contributed by atoms with Gasteiger partial charge in [-0.05, 0) is 55.7 Å². The van der Waals surface area contributed by atoms with Crippen molar-refractivity contribution >= 4 is 33.2 Å². The third-order valence-corrected chi connectivity index (χ3v) is 3.87. The van der Waals surface area contributed by atoms with Crippen LogP contribution in [0.15, 0.2) is 41.0 Å². The number of nitrogens with one attached hydrogen (secondary N) is 2. The van der Waals surface area contributed by atoms with Crippen molar-refractivity contribution < 1.29 is 4.79 Å². The molecule has 0 spiro atoms. The largest absolute Gasteiger partial charge is 0.355 e. The Kier molecular flexibility index (Phi) is 3.92. The number of hydrogen-bond donors (Lipinski definition) is 2. The first-order valence-electron chi connectivity index (χ1n) is 6.92. The molecule has 1 saturated carbocycles. The van der Waals surface area contributed by atoms with Gasteiger partial charge in [-0.2, -0.15) is 0 Å². The van der Waals surface area contributed by atoms with E-state index in [0.717, 1.165) is 34.3 Å². The normalized spacial score (nSPS) is 13.8. The summed E-state index contributed by atoms with van der Waals surface area (Å²) in [6, 6.07) is 10.0. The molecule has 5 heteroatoms. The summed E-state index contributed by atoms with van der Waals surface area (Å²) in [5.41, 5.74) is 3.45. The summed E-state index contributed by atoms with van der Waals surface area (Å²) in [6.07, 6.45) is 3.79. The maximum absolute atomic E-state index is 12.0. The summed E-state index contributed by atoms with van der Waals surface area (Å²) in [5.74, 6) is -0.103. The number of carbonyl (C=O) groups is 1. The molecule has 0 bridgehead atoms. The SMILES string of the molecule is Cc1cc(Br)ccc1Nc1ccnc(C(=O)NC2CC2)c1. The van der Waals surface area contributed by atoms with Crippen LogP contribution in [0.3, 0.4) is 0 Å². The molecule has 108 valence electrons. The maximum atomic E-state index is 12.0. The second kappa shape index (κ2) is 5.85. The predicted molar refractivity (Wildman–Crippen MR) is 86.9 cm³/mol. The Labute approximate surface area is 132 Å². The molecule has 0 atom stereocenters. The number of benzene rings is 1. The highest BCUT2D eigenvalue weighted by molar-refractivity contribution is 9.10. The standard InChI is InChI=1S/C16H16BrN3O/c1-10-8-11(17)2-5-14(10)19-13-6-7-18-15(9-13)16(21)20-12-3-4-12/h2,5-9,12H,3-4H2,1H3,(H,18,19)(H,20,21). The van der Waals surface area contributed by atoms with Gasteiger partial charge in [0.2, 0.25) is 0 Å². The highest BCUT2D eigenvalue weighted by atomic mass is 79.9. The zero-order chi connectivity index (χ0) is 14.8. The number of hydrogen-bond acceptors (Lipinski definition) is 3. The molecule has 1 aliphatic rings. The molecular weight excluding hydrogens is 330 g/mol. The quantitative estimate of drug-likeness (QED) is 0.886. The van der Waals surface area contributed by atoms with Crippen LogP contribution in [-0.4, -0.2) is 16.9 Å². The minimum absolute atomic E-state index is 0.103. The van der Waals surface area contributed by atoms with Gasteiger partial charge in [0.05, 0.1) is 0 Å². The Bertz CT molecular complexity index is 683. The van der Waals surface area contributed by atoms with Crippen molar-refractivity contribution in [3.63, 3.8) is 0 Å². The lowest BCUT2D eigenvalue weighted by molar-refractivity contribution is 0.0946. The van der Waals surface area contributed by atoms with E-state index in [1.165, 1.54) is 0 Å². The first-order chi connectivity index (χ1) is 10.1. The molecule has 1 aliphatic carbocycles. The van der Waals surface area contributed by atoms with Gasteiger partial charge < -0.3 is 10.6 Å². The number of anilines is 2. The number of aryl methyl sites for hydroxylation is 1. The van der Waals surface area contributed by atoms with Crippen LogP contribution in [0.4, 0.5) is 11.4 Å². The van der Waals surface area contributed by atoms with Gasteiger partial charge in [0.1, 0.15) is 5.69 Å². The first kappa shape index (κ1) is 14.1. The van der Waals surface area contributed by atoms with E-state index in [2.05, 4.69) is 31.5 Å². The van der Waals surface area contributed by atoms with Gasteiger partial charge in [-0.3, -0.25) is 9.78 Å². The molecule has 0 aliphatic heterocycles. The zero-order valence-corrected chi connectivity index (χ0v) is 13.3. The molecule has 1 amide bonds. The average Bonchev–Trinajstić information content (AvgIpc) is 3.26. The lowest BCUT2D eigenvalue weighted by Gasteiger charge is -2.11. The number of carbonyl (C=O) groups excluding carboxylic acids is 1. The number of nitrogens with zero attached hydrogens (tertiary/aromatic N) is 1. The van der Waals surface area contributed by atoms with Crippen molar-refractivity contribution in [2.24, 2.45) is 0 Å². The van der Waals surface area contributed by atoms with E-state index in [9.17, 15) is 4.79 Å². The molecule has 4 nitrogen and oxygen atoms in total. The fourth-order valence-corrected chi connectivity index (χ4v) is 2.52. The first-order valence-corrected chi connectivity index (χ1v) is 7.71. The lowest BCUT2D eigenvalue weighted by atomic mass is 10.2. The van der Waals surface area contributed by atoms with Gasteiger partial charge in [0.25, 0.3) is 5.91 Å². The smallest absolute Gasteiger partial charge is 0.270 e. The van der Waals surface area contributed by atoms with Gasteiger partial charge in [-0.1, -0.05) is 15.9 Å². The minimum Gasteiger partial charge on any atom is -0.355 e. The second-order valence-electron chi connectivity index (χ2n) is 5.26. The van der Waals surface area contributed by atoms with Gasteiger partial charge in [-0.15, -0.1) is 0 Å². The Hall–Kier alpha value is -1.88. The van der Waals surface area contributed by atoms with Gasteiger partial charge >= 0.3 is 0 Å². The van der Waals surface area contributed by atoms with E-state index in [-0.39, 0.29) is 5.91 Å². The van der Waals surface area contributed by atoms with Crippen LogP contribution < -0.4 is 10.6 Å². The van der Waals surface area contributed by atoms with Crippen molar-refractivity contribution in [1.29, 1.82) is 0 Å². The number of amides is 1. The Morgan fingerprint density at radius 3 is 2.81 bits per heavy atom. The molecule has 3 rings (SSSR count). The fraction of sp³-hybridized carbons (Fsp3) is 0.250. The molecule has 1 aromatic heterocycles. The Morgan fingerprint density at radius 1 is 1.29 bits per heavy atom. The van der Waals surface area contributed by atoms with Crippen LogP contribution in [0.25, 0.3) is 0 Å². The average molecular weight is 346 g/mol. The van der Waals surface area contributed by atoms with Crippen LogP contribution in [0, 0.1) is 6.92 Å². The summed E-state index contributed by atoms with van der Waals surface area (Å²) in [6.45, 7) is 2.04. The van der Waals surface area contributed by atoms with Gasteiger partial charge in [-0.25, -0.2) is 0 Å². The van der Waals surface area contributed by atoms with Crippen molar-refractivity contribution in [2.75, 3.05) is 5.32 Å². The van der Waals surface area contributed by atoms with Crippen LogP contribution in [0.5, 0.6) is 0 Å². The highest BCUT2D eigenvalue weighted by Gasteiger charge is 2.24. The molecule has 2 aromatic rings. The number of aromatic nitrogens is 1. The van der Waals surface area contributed by atoms with E-state index < -0.39 is 0 Å². The van der Waals surface area contributed by atoms with Crippen LogP contribution in [-0.2, 0) is 0 Å². The molecule has 1 aromatic carbocycles. The van der Waals surface area contributed by atoms with E-state index >= 15 is 0 Å².